The van der Waals surface area contributed by atoms with Crippen molar-refractivity contribution in [2.45, 2.75) is 33.1 Å². The fraction of sp³-hybridized carbons (Fsp3) is 0.778. The van der Waals surface area contributed by atoms with Crippen molar-refractivity contribution >= 4 is 19.6 Å². The minimum Gasteiger partial charge on any atom is -0.286 e. The lowest BCUT2D eigenvalue weighted by Gasteiger charge is -2.37. The first kappa shape index (κ1) is 18.4. The van der Waals surface area contributed by atoms with Gasteiger partial charge >= 0.3 is 7.82 Å². The SMILES string of the molecule is CCC1(CC)COP(=O)(OCCN2C(=O)[C@@H]3[C@@H](C2=O)[C@H]2C=C[C@@H]3C2)OC1. The number of hydrogen-bond donors (Lipinski definition) is 0. The highest BCUT2D eigenvalue weighted by Gasteiger charge is 2.59. The lowest BCUT2D eigenvalue weighted by atomic mass is 9.84. The molecule has 4 rings (SSSR count). The second-order valence-electron chi connectivity index (χ2n) is 7.86. The molecule has 144 valence electrons. The van der Waals surface area contributed by atoms with Crippen molar-refractivity contribution in [3.63, 3.8) is 0 Å². The summed E-state index contributed by atoms with van der Waals surface area (Å²) >= 11 is 0. The summed E-state index contributed by atoms with van der Waals surface area (Å²) in [5.41, 5.74) is -0.123. The molecule has 0 spiro atoms. The van der Waals surface area contributed by atoms with Crippen LogP contribution in [0.1, 0.15) is 33.1 Å². The summed E-state index contributed by atoms with van der Waals surface area (Å²) in [6, 6.07) is 0. The van der Waals surface area contributed by atoms with E-state index in [1.807, 2.05) is 0 Å². The van der Waals surface area contributed by atoms with Gasteiger partial charge in [0.25, 0.3) is 0 Å². The number of hydrogen-bond acceptors (Lipinski definition) is 6. The summed E-state index contributed by atoms with van der Waals surface area (Å²) in [5, 5.41) is 0. The first-order valence-electron chi connectivity index (χ1n) is 9.49. The summed E-state index contributed by atoms with van der Waals surface area (Å²) in [5.74, 6) is -0.310. The van der Waals surface area contributed by atoms with Crippen LogP contribution in [0.2, 0.25) is 0 Å². The molecule has 2 saturated heterocycles. The fourth-order valence-electron chi connectivity index (χ4n) is 4.67. The van der Waals surface area contributed by atoms with Crippen LogP contribution >= 0.6 is 7.82 Å². The van der Waals surface area contributed by atoms with Gasteiger partial charge in [0.15, 0.2) is 0 Å². The van der Waals surface area contributed by atoms with Crippen LogP contribution in [0, 0.1) is 29.1 Å². The largest absolute Gasteiger partial charge is 0.474 e. The summed E-state index contributed by atoms with van der Waals surface area (Å²) < 4.78 is 28.7. The maximum atomic E-state index is 12.6. The van der Waals surface area contributed by atoms with Gasteiger partial charge in [-0.3, -0.25) is 28.1 Å². The number of phosphoric acid groups is 1. The summed E-state index contributed by atoms with van der Waals surface area (Å²) in [6.07, 6.45) is 6.78. The van der Waals surface area contributed by atoms with Crippen molar-refractivity contribution in [1.82, 2.24) is 4.90 Å². The number of carbonyl (C=O) groups is 2. The van der Waals surface area contributed by atoms with E-state index >= 15 is 0 Å². The van der Waals surface area contributed by atoms with Gasteiger partial charge in [-0.15, -0.1) is 0 Å². The normalized spacial score (nSPS) is 36.8. The lowest BCUT2D eigenvalue weighted by molar-refractivity contribution is -0.141. The average Bonchev–Trinajstić information content (AvgIpc) is 3.32. The Morgan fingerprint density at radius 3 is 2.15 bits per heavy atom. The minimum atomic E-state index is -3.61. The molecule has 0 radical (unpaired) electrons. The van der Waals surface area contributed by atoms with E-state index < -0.39 is 7.82 Å². The molecule has 1 saturated carbocycles. The van der Waals surface area contributed by atoms with E-state index in [2.05, 4.69) is 26.0 Å². The van der Waals surface area contributed by atoms with Crippen molar-refractivity contribution in [3.8, 4) is 0 Å². The molecule has 2 amide bonds. The van der Waals surface area contributed by atoms with Gasteiger partial charge in [-0.05, 0) is 31.1 Å². The van der Waals surface area contributed by atoms with Gasteiger partial charge in [-0.1, -0.05) is 26.0 Å². The van der Waals surface area contributed by atoms with E-state index in [1.165, 1.54) is 4.90 Å². The van der Waals surface area contributed by atoms with Gasteiger partial charge < -0.3 is 0 Å². The molecule has 0 N–H and O–H groups in total. The second kappa shape index (κ2) is 6.55. The predicted octanol–water partition coefficient (Wildman–Crippen LogP) is 2.77. The molecule has 0 aromatic heterocycles. The van der Waals surface area contributed by atoms with Crippen molar-refractivity contribution in [1.29, 1.82) is 0 Å². The molecular formula is C18H26NO6P. The van der Waals surface area contributed by atoms with E-state index in [-0.39, 0.29) is 54.1 Å². The number of fused-ring (bicyclic) bond motifs is 5. The molecule has 3 fully saturated rings. The molecule has 2 aliphatic heterocycles. The number of amides is 2. The number of allylic oxidation sites excluding steroid dienone is 2. The second-order valence-corrected chi connectivity index (χ2v) is 9.53. The Morgan fingerprint density at radius 1 is 1.12 bits per heavy atom. The predicted molar refractivity (Wildman–Crippen MR) is 92.9 cm³/mol. The molecule has 2 heterocycles. The van der Waals surface area contributed by atoms with Crippen LogP contribution in [0.25, 0.3) is 0 Å². The van der Waals surface area contributed by atoms with E-state index in [4.69, 9.17) is 13.6 Å². The number of likely N-dealkylation sites (tertiary alicyclic amines) is 1. The molecule has 0 unspecified atom stereocenters. The van der Waals surface area contributed by atoms with Crippen LogP contribution in [0.5, 0.6) is 0 Å². The number of nitrogens with zero attached hydrogens (tertiary/aromatic N) is 1. The highest BCUT2D eigenvalue weighted by molar-refractivity contribution is 7.48. The number of imide groups is 1. The van der Waals surface area contributed by atoms with Crippen molar-refractivity contribution in [3.05, 3.63) is 12.2 Å². The maximum Gasteiger partial charge on any atom is 0.474 e. The number of carbonyl (C=O) groups excluding carboxylic acids is 2. The van der Waals surface area contributed by atoms with Crippen LogP contribution in [0.15, 0.2) is 12.2 Å². The van der Waals surface area contributed by atoms with Crippen LogP contribution in [-0.2, 0) is 27.7 Å². The molecule has 0 aromatic carbocycles. The van der Waals surface area contributed by atoms with Gasteiger partial charge in [0.1, 0.15) is 0 Å². The van der Waals surface area contributed by atoms with Crippen LogP contribution in [-0.4, -0.2) is 43.1 Å². The Morgan fingerprint density at radius 2 is 1.65 bits per heavy atom. The minimum absolute atomic E-state index is 0.0395. The maximum absolute atomic E-state index is 12.6. The van der Waals surface area contributed by atoms with E-state index in [9.17, 15) is 14.2 Å². The molecule has 2 bridgehead atoms. The first-order chi connectivity index (χ1) is 12.4. The van der Waals surface area contributed by atoms with E-state index in [0.717, 1.165) is 19.3 Å². The topological polar surface area (TPSA) is 82.1 Å². The van der Waals surface area contributed by atoms with Crippen LogP contribution in [0.4, 0.5) is 0 Å². The summed E-state index contributed by atoms with van der Waals surface area (Å²) in [7, 11) is -3.61. The molecule has 0 aromatic rings. The van der Waals surface area contributed by atoms with Crippen molar-refractivity contribution in [2.75, 3.05) is 26.4 Å². The molecule has 4 aliphatic rings. The fourth-order valence-corrected chi connectivity index (χ4v) is 6.06. The summed E-state index contributed by atoms with van der Waals surface area (Å²) in [4.78, 5) is 26.5. The zero-order chi connectivity index (χ0) is 18.5. The van der Waals surface area contributed by atoms with Gasteiger partial charge in [0.05, 0.1) is 38.2 Å². The van der Waals surface area contributed by atoms with Gasteiger partial charge in [-0.25, -0.2) is 4.57 Å². The lowest BCUT2D eigenvalue weighted by Crippen LogP contribution is -2.37. The number of rotatable bonds is 6. The van der Waals surface area contributed by atoms with Gasteiger partial charge in [-0.2, -0.15) is 0 Å². The van der Waals surface area contributed by atoms with Crippen LogP contribution in [0.3, 0.4) is 0 Å². The van der Waals surface area contributed by atoms with Gasteiger partial charge in [0, 0.05) is 5.41 Å². The molecule has 4 atom stereocenters. The number of phosphoric ester groups is 1. The average molecular weight is 383 g/mol. The Balaban J connectivity index is 1.31. The third kappa shape index (κ3) is 2.80. The van der Waals surface area contributed by atoms with E-state index in [1.54, 1.807) is 0 Å². The van der Waals surface area contributed by atoms with Crippen molar-refractivity contribution < 1.29 is 27.7 Å². The third-order valence-corrected chi connectivity index (χ3v) is 8.07. The molecule has 7 nitrogen and oxygen atoms in total. The molecule has 2 aliphatic carbocycles. The highest BCUT2D eigenvalue weighted by Crippen LogP contribution is 2.56. The standard InChI is InChI=1S/C18H26NO6P/c1-3-18(4-2)10-24-26(22,25-11-18)23-8-7-19-16(20)14-12-5-6-13(9-12)15(14)17(19)21/h5-6,12-15H,3-4,7-11H2,1-2H3/t12-,13+,14-,15-/m0/s1. The highest BCUT2D eigenvalue weighted by atomic mass is 31.2. The Bertz CT molecular complexity index is 643. The first-order valence-corrected chi connectivity index (χ1v) is 11.0. The van der Waals surface area contributed by atoms with E-state index in [0.29, 0.717) is 13.2 Å². The summed E-state index contributed by atoms with van der Waals surface area (Å²) in [6.45, 7) is 4.82. The molecule has 26 heavy (non-hydrogen) atoms. The monoisotopic (exact) mass is 383 g/mol. The Kier molecular flexibility index (Phi) is 4.63. The van der Waals surface area contributed by atoms with Crippen LogP contribution < -0.4 is 0 Å². The zero-order valence-electron chi connectivity index (χ0n) is 15.3. The van der Waals surface area contributed by atoms with Crippen molar-refractivity contribution in [2.24, 2.45) is 29.1 Å². The smallest absolute Gasteiger partial charge is 0.286 e. The van der Waals surface area contributed by atoms with Gasteiger partial charge in [0.2, 0.25) is 11.8 Å². The quantitative estimate of drug-likeness (QED) is 0.399. The third-order valence-electron chi connectivity index (χ3n) is 6.68. The Hall–Kier alpha value is -1.01. The Labute approximate surface area is 153 Å². The zero-order valence-corrected chi connectivity index (χ0v) is 16.2. The molecular weight excluding hydrogens is 357 g/mol. The molecule has 8 heteroatoms.